The lowest BCUT2D eigenvalue weighted by molar-refractivity contribution is -0.149. The molecular weight excluding hydrogens is 362 g/mol. The molecule has 1 aromatic rings. The molecule has 0 aliphatic rings. The molecule has 0 heterocycles. The van der Waals surface area contributed by atoms with Gasteiger partial charge in [-0.25, -0.2) is 9.59 Å². The molecule has 2 atom stereocenters. The van der Waals surface area contributed by atoms with Crippen molar-refractivity contribution in [3.8, 4) is 0 Å². The summed E-state index contributed by atoms with van der Waals surface area (Å²) < 4.78 is 4.79. The molecule has 1 rings (SSSR count). The van der Waals surface area contributed by atoms with Crippen molar-refractivity contribution in [1.29, 1.82) is 0 Å². The lowest BCUT2D eigenvalue weighted by Gasteiger charge is -2.14. The number of rotatable bonds is 7. The van der Waals surface area contributed by atoms with E-state index >= 15 is 0 Å². The van der Waals surface area contributed by atoms with Crippen LogP contribution < -0.4 is 16.0 Å². The number of benzene rings is 1. The van der Waals surface area contributed by atoms with E-state index in [0.717, 1.165) is 0 Å². The summed E-state index contributed by atoms with van der Waals surface area (Å²) in [6.07, 6.45) is 0.710. The van der Waals surface area contributed by atoms with Crippen LogP contribution in [0, 0.1) is 0 Å². The van der Waals surface area contributed by atoms with Crippen molar-refractivity contribution in [2.45, 2.75) is 39.3 Å². The number of hydrogen-bond acceptors (Lipinski definition) is 5. The van der Waals surface area contributed by atoms with Gasteiger partial charge < -0.3 is 15.4 Å². The first-order chi connectivity index (χ1) is 12.2. The second kappa shape index (κ2) is 10.4. The van der Waals surface area contributed by atoms with Crippen LogP contribution >= 0.6 is 11.6 Å². The van der Waals surface area contributed by atoms with Crippen LogP contribution in [0.25, 0.3) is 0 Å². The van der Waals surface area contributed by atoms with Gasteiger partial charge in [0.25, 0.3) is 11.8 Å². The van der Waals surface area contributed by atoms with E-state index in [0.29, 0.717) is 17.0 Å². The lowest BCUT2D eigenvalue weighted by atomic mass is 10.2. The molecule has 0 aliphatic carbocycles. The number of carbonyl (C=O) groups is 4. The zero-order valence-electron chi connectivity index (χ0n) is 14.8. The maximum atomic E-state index is 12.0. The second-order valence-electron chi connectivity index (χ2n) is 5.64. The van der Waals surface area contributed by atoms with Crippen LogP contribution in [-0.2, 0) is 14.3 Å². The molecule has 4 amide bonds. The zero-order valence-corrected chi connectivity index (χ0v) is 15.6. The topological polar surface area (TPSA) is 114 Å². The van der Waals surface area contributed by atoms with Crippen molar-refractivity contribution in [3.05, 3.63) is 34.9 Å². The predicted octanol–water partition coefficient (Wildman–Crippen LogP) is 1.63. The first-order valence-electron chi connectivity index (χ1n) is 8.06. The maximum absolute atomic E-state index is 12.0. The molecule has 0 bridgehead atoms. The van der Waals surface area contributed by atoms with Crippen molar-refractivity contribution >= 4 is 35.4 Å². The number of carbonyl (C=O) groups excluding carboxylic acids is 4. The average molecular weight is 384 g/mol. The Hall–Kier alpha value is -2.61. The largest absolute Gasteiger partial charge is 0.454 e. The van der Waals surface area contributed by atoms with Crippen LogP contribution in [0.4, 0.5) is 4.79 Å². The minimum Gasteiger partial charge on any atom is -0.454 e. The van der Waals surface area contributed by atoms with Gasteiger partial charge in [-0.1, -0.05) is 18.5 Å². The Morgan fingerprint density at radius 1 is 1.08 bits per heavy atom. The van der Waals surface area contributed by atoms with Gasteiger partial charge >= 0.3 is 12.0 Å². The van der Waals surface area contributed by atoms with Crippen LogP contribution in [0.3, 0.4) is 0 Å². The van der Waals surface area contributed by atoms with Gasteiger partial charge in [0.05, 0.1) is 0 Å². The van der Waals surface area contributed by atoms with Crippen LogP contribution in [0.5, 0.6) is 0 Å². The minimum absolute atomic E-state index is 0.0894. The van der Waals surface area contributed by atoms with E-state index in [1.54, 1.807) is 19.1 Å². The Bertz CT molecular complexity index is 663. The van der Waals surface area contributed by atoms with Crippen LogP contribution in [0.2, 0.25) is 5.02 Å². The van der Waals surface area contributed by atoms with Crippen LogP contribution in [0.15, 0.2) is 24.3 Å². The molecular formula is C17H22ClN3O5. The monoisotopic (exact) mass is 383 g/mol. The number of halogens is 1. The lowest BCUT2D eigenvalue weighted by Crippen LogP contribution is -2.45. The standard InChI is InChI=1S/C17H22ClN3O5/c1-4-10(2)19-17(25)21-14(22)9-26-16(24)11(3)20-15(23)12-5-7-13(18)8-6-12/h5-8,10-11H,4,9H2,1-3H3,(H,20,23)(H2,19,21,22,25)/t10-,11+/m1/s1. The van der Waals surface area contributed by atoms with Crippen molar-refractivity contribution in [2.75, 3.05) is 6.61 Å². The minimum atomic E-state index is -0.972. The third kappa shape index (κ3) is 7.52. The molecule has 0 unspecified atom stereocenters. The van der Waals surface area contributed by atoms with Gasteiger partial charge in [-0.2, -0.15) is 0 Å². The normalized spacial score (nSPS) is 12.5. The van der Waals surface area contributed by atoms with E-state index in [1.165, 1.54) is 19.1 Å². The number of urea groups is 1. The number of nitrogens with one attached hydrogen (secondary N) is 3. The Labute approximate surface area is 156 Å². The van der Waals surface area contributed by atoms with Gasteiger partial charge in [-0.15, -0.1) is 0 Å². The highest BCUT2D eigenvalue weighted by Gasteiger charge is 2.19. The Balaban J connectivity index is 2.39. The predicted molar refractivity (Wildman–Crippen MR) is 95.8 cm³/mol. The number of imide groups is 1. The summed E-state index contributed by atoms with van der Waals surface area (Å²) in [6.45, 7) is 4.46. The number of ether oxygens (including phenoxy) is 1. The van der Waals surface area contributed by atoms with E-state index in [-0.39, 0.29) is 6.04 Å². The van der Waals surface area contributed by atoms with Crippen molar-refractivity contribution in [1.82, 2.24) is 16.0 Å². The quantitative estimate of drug-likeness (QED) is 0.619. The van der Waals surface area contributed by atoms with Gasteiger partial charge in [-0.3, -0.25) is 14.9 Å². The van der Waals surface area contributed by atoms with Gasteiger partial charge in [0.2, 0.25) is 0 Å². The number of hydrogen-bond donors (Lipinski definition) is 3. The molecule has 0 radical (unpaired) electrons. The molecule has 0 aromatic heterocycles. The van der Waals surface area contributed by atoms with E-state index in [2.05, 4.69) is 10.6 Å². The summed E-state index contributed by atoms with van der Waals surface area (Å²) in [7, 11) is 0. The van der Waals surface area contributed by atoms with Crippen LogP contribution in [0.1, 0.15) is 37.6 Å². The molecule has 0 saturated carbocycles. The fraction of sp³-hybridized carbons (Fsp3) is 0.412. The van der Waals surface area contributed by atoms with Crippen molar-refractivity contribution in [3.63, 3.8) is 0 Å². The highest BCUT2D eigenvalue weighted by atomic mass is 35.5. The zero-order chi connectivity index (χ0) is 19.7. The Kier molecular flexibility index (Phi) is 8.57. The first-order valence-corrected chi connectivity index (χ1v) is 8.44. The van der Waals surface area contributed by atoms with E-state index < -0.39 is 36.5 Å². The highest BCUT2D eigenvalue weighted by molar-refractivity contribution is 6.30. The summed E-state index contributed by atoms with van der Waals surface area (Å²) in [5.41, 5.74) is 0.327. The van der Waals surface area contributed by atoms with Gasteiger partial charge in [0.15, 0.2) is 6.61 Å². The summed E-state index contributed by atoms with van der Waals surface area (Å²) in [5, 5.41) is 7.52. The maximum Gasteiger partial charge on any atom is 0.328 e. The molecule has 26 heavy (non-hydrogen) atoms. The summed E-state index contributed by atoms with van der Waals surface area (Å²) >= 11 is 5.74. The molecule has 3 N–H and O–H groups in total. The summed E-state index contributed by atoms with van der Waals surface area (Å²) in [4.78, 5) is 46.9. The van der Waals surface area contributed by atoms with Gasteiger partial charge in [0.1, 0.15) is 6.04 Å². The highest BCUT2D eigenvalue weighted by Crippen LogP contribution is 2.09. The van der Waals surface area contributed by atoms with Gasteiger partial charge in [-0.05, 0) is 44.5 Å². The molecule has 9 heteroatoms. The smallest absolute Gasteiger partial charge is 0.328 e. The fourth-order valence-corrected chi connectivity index (χ4v) is 1.85. The molecule has 0 aliphatic heterocycles. The van der Waals surface area contributed by atoms with Gasteiger partial charge in [0, 0.05) is 16.6 Å². The average Bonchev–Trinajstić information content (AvgIpc) is 2.59. The van der Waals surface area contributed by atoms with Crippen LogP contribution in [-0.4, -0.2) is 42.5 Å². The van der Waals surface area contributed by atoms with E-state index in [9.17, 15) is 19.2 Å². The number of esters is 1. The Morgan fingerprint density at radius 3 is 2.27 bits per heavy atom. The fourth-order valence-electron chi connectivity index (χ4n) is 1.73. The molecule has 0 spiro atoms. The number of amides is 4. The second-order valence-corrected chi connectivity index (χ2v) is 6.08. The summed E-state index contributed by atoms with van der Waals surface area (Å²) in [5.74, 6) is -2.05. The molecule has 0 fully saturated rings. The summed E-state index contributed by atoms with van der Waals surface area (Å²) in [6, 6.07) is 4.40. The molecule has 1 aromatic carbocycles. The first kappa shape index (κ1) is 21.4. The van der Waals surface area contributed by atoms with Crippen molar-refractivity contribution in [2.24, 2.45) is 0 Å². The third-order valence-electron chi connectivity index (χ3n) is 3.40. The molecule has 0 saturated heterocycles. The third-order valence-corrected chi connectivity index (χ3v) is 3.65. The molecule has 142 valence electrons. The van der Waals surface area contributed by atoms with E-state index in [1.807, 2.05) is 12.2 Å². The SMILES string of the molecule is CC[C@@H](C)NC(=O)NC(=O)COC(=O)[C@H](C)NC(=O)c1ccc(Cl)cc1. The Morgan fingerprint density at radius 2 is 1.69 bits per heavy atom. The van der Waals surface area contributed by atoms with Crippen molar-refractivity contribution < 1.29 is 23.9 Å². The van der Waals surface area contributed by atoms with E-state index in [4.69, 9.17) is 16.3 Å². The molecule has 8 nitrogen and oxygen atoms in total.